The van der Waals surface area contributed by atoms with E-state index in [1.807, 2.05) is 53.1 Å². The lowest BCUT2D eigenvalue weighted by Crippen LogP contribution is -2.27. The van der Waals surface area contributed by atoms with E-state index in [0.717, 1.165) is 11.0 Å². The van der Waals surface area contributed by atoms with Crippen molar-refractivity contribution in [3.8, 4) is 5.75 Å². The van der Waals surface area contributed by atoms with Gasteiger partial charge >= 0.3 is 0 Å². The number of ether oxygens (including phenoxy) is 1. The summed E-state index contributed by atoms with van der Waals surface area (Å²) in [6.45, 7) is 5.00. The Kier molecular flexibility index (Phi) is 6.74. The lowest BCUT2D eigenvalue weighted by molar-refractivity contribution is -0.117. The number of benzene rings is 3. The highest BCUT2D eigenvalue weighted by molar-refractivity contribution is 5.96. The van der Waals surface area contributed by atoms with Crippen LogP contribution in [0.2, 0.25) is 0 Å². The van der Waals surface area contributed by atoms with Gasteiger partial charge in [-0.15, -0.1) is 0 Å². The van der Waals surface area contributed by atoms with Gasteiger partial charge in [-0.25, -0.2) is 9.37 Å². The maximum absolute atomic E-state index is 14.4. The number of hydrogen-bond acceptors (Lipinski definition) is 4. The number of rotatable bonds is 8. The molecule has 7 heteroatoms. The second kappa shape index (κ2) is 10.1. The predicted molar refractivity (Wildman–Crippen MR) is 138 cm³/mol. The molecule has 5 rings (SSSR count). The number of hydrogen-bond donors (Lipinski definition) is 1. The lowest BCUT2D eigenvalue weighted by Gasteiger charge is -2.19. The number of aliphatic hydroxyl groups is 1. The van der Waals surface area contributed by atoms with Gasteiger partial charge in [-0.1, -0.05) is 50.2 Å². The standard InChI is InChI=1S/C29H30FN3O3/c1-19(2)20-11-13-23(14-12-20)36-18-22(34)17-33-27-10-6-4-8-25(27)31-29(33)21-15-28(35)32(16-21)26-9-5-3-7-24(26)30/h3-14,19,21-22,34H,15-18H2,1-2H3/t21-,22+/m0/s1. The number of aliphatic hydroxyl groups excluding tert-OH is 1. The van der Waals surface area contributed by atoms with Gasteiger partial charge in [0.25, 0.3) is 0 Å². The number of imidazole rings is 1. The van der Waals surface area contributed by atoms with E-state index in [9.17, 15) is 14.3 Å². The highest BCUT2D eigenvalue weighted by Crippen LogP contribution is 2.34. The van der Waals surface area contributed by atoms with Crippen LogP contribution in [0.15, 0.2) is 72.8 Å². The molecule has 0 spiro atoms. The van der Waals surface area contributed by atoms with E-state index in [1.165, 1.54) is 16.5 Å². The van der Waals surface area contributed by atoms with Gasteiger partial charge in [0.15, 0.2) is 0 Å². The first-order valence-electron chi connectivity index (χ1n) is 12.3. The summed E-state index contributed by atoms with van der Waals surface area (Å²) in [7, 11) is 0. The molecule has 0 radical (unpaired) electrons. The van der Waals surface area contributed by atoms with Crippen LogP contribution >= 0.6 is 0 Å². The molecule has 0 saturated carbocycles. The SMILES string of the molecule is CC(C)c1ccc(OC[C@H](O)Cn2c([C@H]3CC(=O)N(c4ccccc4F)C3)nc3ccccc32)cc1. The third-order valence-corrected chi connectivity index (χ3v) is 6.70. The minimum absolute atomic E-state index is 0.123. The Labute approximate surface area is 210 Å². The van der Waals surface area contributed by atoms with Crippen LogP contribution in [-0.2, 0) is 11.3 Å². The van der Waals surface area contributed by atoms with Gasteiger partial charge < -0.3 is 19.3 Å². The molecule has 6 nitrogen and oxygen atoms in total. The van der Waals surface area contributed by atoms with Crippen molar-refractivity contribution in [2.75, 3.05) is 18.1 Å². The van der Waals surface area contributed by atoms with Gasteiger partial charge in [-0.2, -0.15) is 0 Å². The number of para-hydroxylation sites is 3. The quantitative estimate of drug-likeness (QED) is 0.368. The zero-order valence-electron chi connectivity index (χ0n) is 20.5. The number of carbonyl (C=O) groups is 1. The van der Waals surface area contributed by atoms with E-state index in [0.29, 0.717) is 24.0 Å². The van der Waals surface area contributed by atoms with E-state index >= 15 is 0 Å². The van der Waals surface area contributed by atoms with Gasteiger partial charge in [-0.3, -0.25) is 4.79 Å². The monoisotopic (exact) mass is 487 g/mol. The molecule has 36 heavy (non-hydrogen) atoms. The number of amides is 1. The third-order valence-electron chi connectivity index (χ3n) is 6.70. The summed E-state index contributed by atoms with van der Waals surface area (Å²) in [6, 6.07) is 21.9. The molecule has 3 aromatic carbocycles. The van der Waals surface area contributed by atoms with Crippen LogP contribution in [0.5, 0.6) is 5.75 Å². The summed E-state index contributed by atoms with van der Waals surface area (Å²) in [5, 5.41) is 10.9. The Hall–Kier alpha value is -3.71. The fourth-order valence-corrected chi connectivity index (χ4v) is 4.79. The maximum atomic E-state index is 14.4. The fraction of sp³-hybridized carbons (Fsp3) is 0.310. The second-order valence-corrected chi connectivity index (χ2v) is 9.61. The van der Waals surface area contributed by atoms with E-state index in [2.05, 4.69) is 13.8 Å². The molecule has 1 aliphatic heterocycles. The zero-order chi connectivity index (χ0) is 25.2. The molecular weight excluding hydrogens is 457 g/mol. The van der Waals surface area contributed by atoms with Crippen molar-refractivity contribution in [2.45, 2.75) is 44.8 Å². The molecule has 1 N–H and O–H groups in total. The Morgan fingerprint density at radius 1 is 1.06 bits per heavy atom. The summed E-state index contributed by atoms with van der Waals surface area (Å²) < 4.78 is 22.2. The van der Waals surface area contributed by atoms with Gasteiger partial charge in [-0.05, 0) is 47.9 Å². The summed E-state index contributed by atoms with van der Waals surface area (Å²) >= 11 is 0. The average molecular weight is 488 g/mol. The van der Waals surface area contributed by atoms with Crippen LogP contribution in [-0.4, -0.2) is 39.8 Å². The van der Waals surface area contributed by atoms with Crippen LogP contribution in [0, 0.1) is 5.82 Å². The molecule has 0 bridgehead atoms. The van der Waals surface area contributed by atoms with Crippen molar-refractivity contribution in [3.63, 3.8) is 0 Å². The number of carbonyl (C=O) groups excluding carboxylic acids is 1. The molecule has 2 heterocycles. The first kappa shape index (κ1) is 24.0. The Morgan fingerprint density at radius 3 is 2.53 bits per heavy atom. The summed E-state index contributed by atoms with van der Waals surface area (Å²) in [5.41, 5.74) is 3.18. The molecule has 1 amide bonds. The average Bonchev–Trinajstić information content (AvgIpc) is 3.44. The summed E-state index contributed by atoms with van der Waals surface area (Å²) in [6.07, 6.45) is -0.558. The summed E-state index contributed by atoms with van der Waals surface area (Å²) in [5.74, 6) is 1.07. The zero-order valence-corrected chi connectivity index (χ0v) is 20.5. The lowest BCUT2D eigenvalue weighted by atomic mass is 10.0. The normalized spacial score (nSPS) is 16.8. The van der Waals surface area contributed by atoms with Crippen LogP contribution in [0.25, 0.3) is 11.0 Å². The van der Waals surface area contributed by atoms with Crippen molar-refractivity contribution >= 4 is 22.6 Å². The predicted octanol–water partition coefficient (Wildman–Crippen LogP) is 5.26. The Balaban J connectivity index is 1.35. The van der Waals surface area contributed by atoms with Gasteiger partial charge in [0, 0.05) is 18.9 Å². The van der Waals surface area contributed by atoms with E-state index in [-0.39, 0.29) is 37.1 Å². The first-order chi connectivity index (χ1) is 17.4. The largest absolute Gasteiger partial charge is 0.491 e. The molecule has 2 atom stereocenters. The minimum atomic E-state index is -0.786. The molecule has 186 valence electrons. The molecule has 0 unspecified atom stereocenters. The second-order valence-electron chi connectivity index (χ2n) is 9.61. The molecule has 4 aromatic rings. The molecule has 0 aliphatic carbocycles. The van der Waals surface area contributed by atoms with Crippen LogP contribution in [0.3, 0.4) is 0 Å². The number of nitrogens with zero attached hydrogens (tertiary/aromatic N) is 3. The van der Waals surface area contributed by atoms with Gasteiger partial charge in [0.2, 0.25) is 5.91 Å². The number of aromatic nitrogens is 2. The molecule has 1 aromatic heterocycles. The minimum Gasteiger partial charge on any atom is -0.491 e. The molecule has 1 saturated heterocycles. The summed E-state index contributed by atoms with van der Waals surface area (Å²) in [4.78, 5) is 19.1. The first-order valence-corrected chi connectivity index (χ1v) is 12.3. The topological polar surface area (TPSA) is 67.6 Å². The van der Waals surface area contributed by atoms with Gasteiger partial charge in [0.05, 0.1) is 23.3 Å². The smallest absolute Gasteiger partial charge is 0.227 e. The highest BCUT2D eigenvalue weighted by Gasteiger charge is 2.36. The van der Waals surface area contributed by atoms with Crippen LogP contribution < -0.4 is 9.64 Å². The third kappa shape index (κ3) is 4.84. The fourth-order valence-electron chi connectivity index (χ4n) is 4.79. The van der Waals surface area contributed by atoms with Crippen LogP contribution in [0.1, 0.15) is 43.5 Å². The number of anilines is 1. The van der Waals surface area contributed by atoms with E-state index in [1.54, 1.807) is 18.2 Å². The van der Waals surface area contributed by atoms with E-state index in [4.69, 9.17) is 9.72 Å². The van der Waals surface area contributed by atoms with Crippen molar-refractivity contribution < 1.29 is 19.0 Å². The van der Waals surface area contributed by atoms with Crippen molar-refractivity contribution in [3.05, 3.63) is 90.0 Å². The molecule has 1 fully saturated rings. The number of fused-ring (bicyclic) bond motifs is 1. The van der Waals surface area contributed by atoms with Crippen molar-refractivity contribution in [1.82, 2.24) is 9.55 Å². The Morgan fingerprint density at radius 2 is 1.78 bits per heavy atom. The van der Waals surface area contributed by atoms with Crippen molar-refractivity contribution in [2.24, 2.45) is 0 Å². The molecule has 1 aliphatic rings. The maximum Gasteiger partial charge on any atom is 0.227 e. The van der Waals surface area contributed by atoms with Crippen LogP contribution in [0.4, 0.5) is 10.1 Å². The van der Waals surface area contributed by atoms with Crippen molar-refractivity contribution in [1.29, 1.82) is 0 Å². The number of halogens is 1. The highest BCUT2D eigenvalue weighted by atomic mass is 19.1. The van der Waals surface area contributed by atoms with E-state index < -0.39 is 11.9 Å². The van der Waals surface area contributed by atoms with Gasteiger partial charge in [0.1, 0.15) is 30.1 Å². The Bertz CT molecular complexity index is 1370. The molecular formula is C29H30FN3O3.